The number of benzene rings is 1. The largest absolute Gasteiger partial charge is 0.323 e. The van der Waals surface area contributed by atoms with E-state index in [0.717, 1.165) is 11.3 Å². The van der Waals surface area contributed by atoms with Gasteiger partial charge in [0, 0.05) is 9.61 Å². The Balaban J connectivity index is 2.06. The van der Waals surface area contributed by atoms with Crippen molar-refractivity contribution in [2.45, 2.75) is 12.5 Å². The third kappa shape index (κ3) is 2.96. The Labute approximate surface area is 106 Å². The summed E-state index contributed by atoms with van der Waals surface area (Å²) < 4.78 is 5.05. The monoisotopic (exact) mass is 331 g/mol. The molecule has 1 aromatic carbocycles. The van der Waals surface area contributed by atoms with E-state index in [1.807, 2.05) is 0 Å². The summed E-state index contributed by atoms with van der Waals surface area (Å²) in [5.74, 6) is 0. The van der Waals surface area contributed by atoms with Crippen molar-refractivity contribution in [2.24, 2.45) is 5.73 Å². The van der Waals surface area contributed by atoms with Gasteiger partial charge < -0.3 is 5.73 Å². The Hall–Kier alpha value is -0.530. The van der Waals surface area contributed by atoms with Crippen molar-refractivity contribution in [3.05, 3.63) is 44.5 Å². The first-order valence-corrected chi connectivity index (χ1v) is 6.38. The molecule has 3 nitrogen and oxygen atoms in total. The average molecular weight is 331 g/mol. The predicted molar refractivity (Wildman–Crippen MR) is 69.7 cm³/mol. The van der Waals surface area contributed by atoms with Crippen LogP contribution in [-0.4, -0.2) is 9.59 Å². The quantitative estimate of drug-likeness (QED) is 0.879. The van der Waals surface area contributed by atoms with E-state index in [2.05, 4.69) is 56.4 Å². The molecule has 1 aromatic heterocycles. The zero-order chi connectivity index (χ0) is 10.7. The van der Waals surface area contributed by atoms with Gasteiger partial charge in [-0.1, -0.05) is 16.6 Å². The highest BCUT2D eigenvalue weighted by atomic mass is 127. The fourth-order valence-corrected chi connectivity index (χ4v) is 2.17. The number of nitrogens with zero attached hydrogens (tertiary/aromatic N) is 2. The number of aromatic nitrogens is 2. The third-order valence-electron chi connectivity index (χ3n) is 2.11. The number of halogens is 1. The van der Waals surface area contributed by atoms with Crippen molar-refractivity contribution in [3.63, 3.8) is 0 Å². The molecule has 0 aliphatic heterocycles. The maximum atomic E-state index is 6.04. The Morgan fingerprint density at radius 2 is 2.07 bits per heavy atom. The lowest BCUT2D eigenvalue weighted by Gasteiger charge is -2.08. The van der Waals surface area contributed by atoms with E-state index in [4.69, 9.17) is 5.73 Å². The molecule has 15 heavy (non-hydrogen) atoms. The molecule has 0 aliphatic carbocycles. The van der Waals surface area contributed by atoms with Crippen molar-refractivity contribution in [1.82, 2.24) is 9.59 Å². The summed E-state index contributed by atoms with van der Waals surface area (Å²) in [5.41, 5.74) is 7.28. The zero-order valence-corrected chi connectivity index (χ0v) is 10.9. The van der Waals surface area contributed by atoms with Gasteiger partial charge in [-0.15, -0.1) is 5.10 Å². The molecule has 1 unspecified atom stereocenters. The molecule has 2 N–H and O–H groups in total. The number of rotatable bonds is 3. The van der Waals surface area contributed by atoms with Gasteiger partial charge in [0.05, 0.1) is 11.1 Å². The molecule has 2 aromatic rings. The Morgan fingerprint density at radius 1 is 1.33 bits per heavy atom. The fraction of sp³-hybridized carbons (Fsp3) is 0.200. The smallest absolute Gasteiger partial charge is 0.0669 e. The van der Waals surface area contributed by atoms with Crippen LogP contribution in [-0.2, 0) is 6.42 Å². The molecule has 0 spiro atoms. The van der Waals surface area contributed by atoms with Crippen molar-refractivity contribution in [3.8, 4) is 0 Å². The van der Waals surface area contributed by atoms with Crippen LogP contribution < -0.4 is 5.73 Å². The summed E-state index contributed by atoms with van der Waals surface area (Å²) >= 11 is 3.66. The molecule has 0 saturated heterocycles. The minimum atomic E-state index is 0.00469. The normalized spacial score (nSPS) is 12.7. The van der Waals surface area contributed by atoms with E-state index in [1.165, 1.54) is 20.7 Å². The Bertz CT molecular complexity index is 413. The molecule has 0 saturated carbocycles. The van der Waals surface area contributed by atoms with Crippen LogP contribution in [0.5, 0.6) is 0 Å². The summed E-state index contributed by atoms with van der Waals surface area (Å²) in [4.78, 5) is 1.04. The average Bonchev–Trinajstić information content (AvgIpc) is 2.74. The molecule has 78 valence electrons. The van der Waals surface area contributed by atoms with Crippen LogP contribution in [0.2, 0.25) is 0 Å². The van der Waals surface area contributed by atoms with Gasteiger partial charge in [-0.25, -0.2) is 0 Å². The van der Waals surface area contributed by atoms with Gasteiger partial charge in [0.25, 0.3) is 0 Å². The van der Waals surface area contributed by atoms with Crippen molar-refractivity contribution in [2.75, 3.05) is 0 Å². The van der Waals surface area contributed by atoms with Gasteiger partial charge in [-0.2, -0.15) is 0 Å². The SMILES string of the molecule is NC(Cc1ccc(I)cc1)c1cnns1. The summed E-state index contributed by atoms with van der Waals surface area (Å²) in [5, 5.41) is 3.79. The molecule has 5 heteroatoms. The van der Waals surface area contributed by atoms with Crippen LogP contribution in [0.4, 0.5) is 0 Å². The van der Waals surface area contributed by atoms with Gasteiger partial charge in [0.2, 0.25) is 0 Å². The van der Waals surface area contributed by atoms with E-state index >= 15 is 0 Å². The first-order valence-electron chi connectivity index (χ1n) is 4.53. The van der Waals surface area contributed by atoms with Gasteiger partial charge in [0.15, 0.2) is 0 Å². The van der Waals surface area contributed by atoms with E-state index in [0.29, 0.717) is 0 Å². The lowest BCUT2D eigenvalue weighted by Crippen LogP contribution is -2.11. The summed E-state index contributed by atoms with van der Waals surface area (Å²) in [6, 6.07) is 8.40. The minimum Gasteiger partial charge on any atom is -0.323 e. The second kappa shape index (κ2) is 5.00. The minimum absolute atomic E-state index is 0.00469. The van der Waals surface area contributed by atoms with Crippen LogP contribution in [0, 0.1) is 3.57 Å². The topological polar surface area (TPSA) is 51.8 Å². The highest BCUT2D eigenvalue weighted by Gasteiger charge is 2.09. The molecule has 0 amide bonds. The summed E-state index contributed by atoms with van der Waals surface area (Å²) in [6.45, 7) is 0. The van der Waals surface area contributed by atoms with Crippen LogP contribution in [0.1, 0.15) is 16.5 Å². The standard InChI is InChI=1S/C10H10IN3S/c11-8-3-1-7(2-4-8)5-9(12)10-6-13-14-15-10/h1-4,6,9H,5,12H2. The van der Waals surface area contributed by atoms with Gasteiger partial charge >= 0.3 is 0 Å². The van der Waals surface area contributed by atoms with Gasteiger partial charge in [-0.3, -0.25) is 0 Å². The second-order valence-electron chi connectivity index (χ2n) is 3.26. The van der Waals surface area contributed by atoms with E-state index < -0.39 is 0 Å². The molecule has 0 aliphatic rings. The predicted octanol–water partition coefficient (Wildman–Crippen LogP) is 2.39. The second-order valence-corrected chi connectivity index (χ2v) is 5.32. The molecule has 0 fully saturated rings. The zero-order valence-electron chi connectivity index (χ0n) is 7.93. The van der Waals surface area contributed by atoms with Crippen molar-refractivity contribution < 1.29 is 0 Å². The van der Waals surface area contributed by atoms with E-state index in [9.17, 15) is 0 Å². The molecule has 0 bridgehead atoms. The molecular formula is C10H10IN3S. The fourth-order valence-electron chi connectivity index (χ4n) is 1.31. The Morgan fingerprint density at radius 3 is 2.67 bits per heavy atom. The van der Waals surface area contributed by atoms with E-state index in [1.54, 1.807) is 6.20 Å². The number of hydrogen-bond acceptors (Lipinski definition) is 4. The lowest BCUT2D eigenvalue weighted by molar-refractivity contribution is 0.734. The lowest BCUT2D eigenvalue weighted by atomic mass is 10.1. The molecule has 1 heterocycles. The maximum Gasteiger partial charge on any atom is 0.0669 e. The highest BCUT2D eigenvalue weighted by molar-refractivity contribution is 14.1. The molecular weight excluding hydrogens is 321 g/mol. The first kappa shape index (κ1) is 11.0. The highest BCUT2D eigenvalue weighted by Crippen LogP contribution is 2.18. The summed E-state index contributed by atoms with van der Waals surface area (Å²) in [6.07, 6.45) is 2.57. The van der Waals surface area contributed by atoms with E-state index in [-0.39, 0.29) is 6.04 Å². The first-order chi connectivity index (χ1) is 7.25. The molecule has 2 rings (SSSR count). The Kier molecular flexibility index (Phi) is 3.66. The van der Waals surface area contributed by atoms with Gasteiger partial charge in [0.1, 0.15) is 0 Å². The van der Waals surface area contributed by atoms with Crippen molar-refractivity contribution >= 4 is 34.1 Å². The maximum absolute atomic E-state index is 6.04. The molecule has 1 atom stereocenters. The van der Waals surface area contributed by atoms with Crippen LogP contribution in [0.25, 0.3) is 0 Å². The number of nitrogens with two attached hydrogens (primary N) is 1. The number of hydrogen-bond donors (Lipinski definition) is 1. The van der Waals surface area contributed by atoms with Crippen LogP contribution >= 0.6 is 34.1 Å². The van der Waals surface area contributed by atoms with Crippen LogP contribution in [0.3, 0.4) is 0 Å². The third-order valence-corrected chi connectivity index (χ3v) is 3.63. The summed E-state index contributed by atoms with van der Waals surface area (Å²) in [7, 11) is 0. The van der Waals surface area contributed by atoms with Crippen molar-refractivity contribution in [1.29, 1.82) is 0 Å². The van der Waals surface area contributed by atoms with Gasteiger partial charge in [-0.05, 0) is 58.2 Å². The molecule has 0 radical (unpaired) electrons. The van der Waals surface area contributed by atoms with Crippen LogP contribution in [0.15, 0.2) is 30.5 Å².